The van der Waals surface area contributed by atoms with E-state index in [1.165, 1.54) is 6.08 Å². The molecule has 0 unspecified atom stereocenters. The number of carbonyl (C=O) groups excluding carboxylic acids is 2. The Kier molecular flexibility index (Phi) is 8.68. The summed E-state index contributed by atoms with van der Waals surface area (Å²) in [4.78, 5) is 24.1. The number of hydrogen-bond donors (Lipinski definition) is 0. The molecule has 0 aliphatic heterocycles. The highest BCUT2D eigenvalue weighted by atomic mass is 16.5. The van der Waals surface area contributed by atoms with Gasteiger partial charge in [0.05, 0.1) is 6.61 Å². The van der Waals surface area contributed by atoms with E-state index in [-0.39, 0.29) is 6.61 Å². The van der Waals surface area contributed by atoms with Crippen LogP contribution in [0.25, 0.3) is 0 Å². The molecule has 0 heterocycles. The maximum atomic E-state index is 11.1. The van der Waals surface area contributed by atoms with Crippen LogP contribution in [0.4, 0.5) is 0 Å². The van der Waals surface area contributed by atoms with Crippen molar-refractivity contribution in [3.8, 4) is 0 Å². The van der Waals surface area contributed by atoms with Gasteiger partial charge < -0.3 is 14.4 Å². The summed E-state index contributed by atoms with van der Waals surface area (Å²) in [5.74, 6) is -1.13. The van der Waals surface area contributed by atoms with E-state index in [1.807, 2.05) is 19.0 Å². The third-order valence-electron chi connectivity index (χ3n) is 1.69. The molecule has 5 nitrogen and oxygen atoms in total. The van der Waals surface area contributed by atoms with E-state index in [4.69, 9.17) is 4.74 Å². The topological polar surface area (TPSA) is 55.8 Å². The number of rotatable bonds is 8. The van der Waals surface area contributed by atoms with Gasteiger partial charge in [-0.2, -0.15) is 0 Å². The molecule has 0 radical (unpaired) electrons. The third kappa shape index (κ3) is 10.7. The summed E-state index contributed by atoms with van der Waals surface area (Å²) < 4.78 is 9.51. The van der Waals surface area contributed by atoms with Gasteiger partial charge in [0, 0.05) is 18.7 Å². The number of esters is 2. The predicted octanol–water partition coefficient (Wildman–Crippen LogP) is 0.767. The standard InChI is InChI=1S/C12H19NO4/c1-4-9-16-11(14)6-7-12(15)17-10-5-8-13(2)3/h4,6-7H,1,5,8-10H2,2-3H3/b7-6-. The number of ether oxygens (including phenoxy) is 2. The van der Waals surface area contributed by atoms with Crippen molar-refractivity contribution in [2.24, 2.45) is 0 Å². The van der Waals surface area contributed by atoms with Gasteiger partial charge in [0.2, 0.25) is 0 Å². The van der Waals surface area contributed by atoms with Crippen molar-refractivity contribution >= 4 is 11.9 Å². The van der Waals surface area contributed by atoms with Crippen molar-refractivity contribution in [2.75, 3.05) is 33.9 Å². The van der Waals surface area contributed by atoms with Gasteiger partial charge in [-0.3, -0.25) is 0 Å². The van der Waals surface area contributed by atoms with Crippen LogP contribution in [0.2, 0.25) is 0 Å². The lowest BCUT2D eigenvalue weighted by molar-refractivity contribution is -0.140. The molecule has 17 heavy (non-hydrogen) atoms. The van der Waals surface area contributed by atoms with Crippen LogP contribution >= 0.6 is 0 Å². The van der Waals surface area contributed by atoms with Crippen molar-refractivity contribution < 1.29 is 19.1 Å². The van der Waals surface area contributed by atoms with Crippen molar-refractivity contribution in [1.82, 2.24) is 4.90 Å². The molecule has 0 amide bonds. The first-order valence-electron chi connectivity index (χ1n) is 5.33. The maximum Gasteiger partial charge on any atom is 0.331 e. The second-order valence-electron chi connectivity index (χ2n) is 3.58. The van der Waals surface area contributed by atoms with Gasteiger partial charge in [0.25, 0.3) is 0 Å². The zero-order valence-electron chi connectivity index (χ0n) is 10.3. The molecule has 0 rings (SSSR count). The molecule has 0 N–H and O–H groups in total. The first kappa shape index (κ1) is 15.4. The first-order chi connectivity index (χ1) is 8.06. The maximum absolute atomic E-state index is 11.1. The van der Waals surface area contributed by atoms with Crippen LogP contribution in [0, 0.1) is 0 Å². The quantitative estimate of drug-likeness (QED) is 0.272. The molecule has 5 heteroatoms. The molecule has 0 spiro atoms. The largest absolute Gasteiger partial charge is 0.462 e. The Labute approximate surface area is 102 Å². The summed E-state index contributed by atoms with van der Waals surface area (Å²) in [6.07, 6.45) is 4.30. The third-order valence-corrected chi connectivity index (χ3v) is 1.69. The van der Waals surface area contributed by atoms with Crippen molar-refractivity contribution in [3.05, 3.63) is 24.8 Å². The highest BCUT2D eigenvalue weighted by Gasteiger charge is 2.00. The number of hydrogen-bond acceptors (Lipinski definition) is 5. The van der Waals surface area contributed by atoms with Crippen molar-refractivity contribution in [2.45, 2.75) is 6.42 Å². The van der Waals surface area contributed by atoms with E-state index in [9.17, 15) is 9.59 Å². The lowest BCUT2D eigenvalue weighted by Gasteiger charge is -2.08. The van der Waals surface area contributed by atoms with Crippen molar-refractivity contribution in [3.63, 3.8) is 0 Å². The summed E-state index contributed by atoms with van der Waals surface area (Å²) in [5, 5.41) is 0. The van der Waals surface area contributed by atoms with Crippen LogP contribution in [-0.2, 0) is 19.1 Å². The Balaban J connectivity index is 3.66. The smallest absolute Gasteiger partial charge is 0.331 e. The molecule has 0 saturated heterocycles. The van der Waals surface area contributed by atoms with E-state index in [0.29, 0.717) is 6.61 Å². The normalized spacial score (nSPS) is 10.5. The molecule has 0 aliphatic carbocycles. The minimum Gasteiger partial charge on any atom is -0.462 e. The second-order valence-corrected chi connectivity index (χ2v) is 3.58. The molecule has 0 aromatic heterocycles. The van der Waals surface area contributed by atoms with E-state index in [0.717, 1.165) is 25.1 Å². The van der Waals surface area contributed by atoms with Crippen LogP contribution < -0.4 is 0 Å². The molecule has 0 aromatic rings. The van der Waals surface area contributed by atoms with Crippen LogP contribution in [0.15, 0.2) is 24.8 Å². The van der Waals surface area contributed by atoms with Gasteiger partial charge in [-0.25, -0.2) is 9.59 Å². The Morgan fingerprint density at radius 3 is 2.29 bits per heavy atom. The fraction of sp³-hybridized carbons (Fsp3) is 0.500. The van der Waals surface area contributed by atoms with E-state index in [1.54, 1.807) is 0 Å². The van der Waals surface area contributed by atoms with Crippen LogP contribution in [0.5, 0.6) is 0 Å². The summed E-state index contributed by atoms with van der Waals surface area (Å²) in [5.41, 5.74) is 0. The Morgan fingerprint density at radius 1 is 1.18 bits per heavy atom. The Hall–Kier alpha value is -1.62. The van der Waals surface area contributed by atoms with Gasteiger partial charge in [0.1, 0.15) is 6.61 Å². The van der Waals surface area contributed by atoms with Crippen LogP contribution in [-0.4, -0.2) is 50.7 Å². The highest BCUT2D eigenvalue weighted by Crippen LogP contribution is 1.89. The minimum atomic E-state index is -0.588. The molecular formula is C12H19NO4. The Bertz CT molecular complexity index is 284. The van der Waals surface area contributed by atoms with E-state index >= 15 is 0 Å². The van der Waals surface area contributed by atoms with Gasteiger partial charge in [-0.05, 0) is 20.5 Å². The molecule has 0 aromatic carbocycles. The van der Waals surface area contributed by atoms with Gasteiger partial charge in [0.15, 0.2) is 0 Å². The van der Waals surface area contributed by atoms with Gasteiger partial charge >= 0.3 is 11.9 Å². The second kappa shape index (κ2) is 9.59. The van der Waals surface area contributed by atoms with E-state index < -0.39 is 11.9 Å². The SMILES string of the molecule is C=CCOC(=O)/C=C\C(=O)OCCCN(C)C. The summed E-state index contributed by atoms with van der Waals surface area (Å²) >= 11 is 0. The predicted molar refractivity (Wildman–Crippen MR) is 64.4 cm³/mol. The zero-order valence-corrected chi connectivity index (χ0v) is 10.3. The average Bonchev–Trinajstić information content (AvgIpc) is 2.29. The molecule has 0 bridgehead atoms. The minimum absolute atomic E-state index is 0.126. The van der Waals surface area contributed by atoms with Crippen LogP contribution in [0.1, 0.15) is 6.42 Å². The highest BCUT2D eigenvalue weighted by molar-refractivity contribution is 5.91. The first-order valence-corrected chi connectivity index (χ1v) is 5.33. The number of nitrogens with zero attached hydrogens (tertiary/aromatic N) is 1. The molecule has 0 fully saturated rings. The molecule has 0 aliphatic rings. The molecule has 96 valence electrons. The van der Waals surface area contributed by atoms with Gasteiger partial charge in [-0.1, -0.05) is 12.7 Å². The zero-order chi connectivity index (χ0) is 13.1. The van der Waals surface area contributed by atoms with E-state index in [2.05, 4.69) is 11.3 Å². The fourth-order valence-electron chi connectivity index (χ4n) is 0.927. The summed E-state index contributed by atoms with van der Waals surface area (Å²) in [7, 11) is 3.88. The summed E-state index contributed by atoms with van der Waals surface area (Å²) in [6.45, 7) is 4.70. The molecular weight excluding hydrogens is 222 g/mol. The van der Waals surface area contributed by atoms with Crippen molar-refractivity contribution in [1.29, 1.82) is 0 Å². The molecule has 0 saturated carbocycles. The lowest BCUT2D eigenvalue weighted by atomic mass is 10.4. The van der Waals surface area contributed by atoms with Crippen LogP contribution in [0.3, 0.4) is 0 Å². The summed E-state index contributed by atoms with van der Waals surface area (Å²) in [6, 6.07) is 0. The molecule has 0 atom stereocenters. The lowest BCUT2D eigenvalue weighted by Crippen LogP contribution is -2.15. The fourth-order valence-corrected chi connectivity index (χ4v) is 0.927. The monoisotopic (exact) mass is 241 g/mol. The number of carbonyl (C=O) groups is 2. The average molecular weight is 241 g/mol. The van der Waals surface area contributed by atoms with Gasteiger partial charge in [-0.15, -0.1) is 0 Å². The Morgan fingerprint density at radius 2 is 1.76 bits per heavy atom.